The van der Waals surface area contributed by atoms with Gasteiger partial charge < -0.3 is 15.8 Å². The maximum atomic E-state index is 11.5. The van der Waals surface area contributed by atoms with Gasteiger partial charge in [0, 0.05) is 0 Å². The molecule has 0 aliphatic rings. The van der Waals surface area contributed by atoms with E-state index in [1.54, 1.807) is 14.0 Å². The van der Waals surface area contributed by atoms with Crippen LogP contribution in [0.25, 0.3) is 0 Å². The molecule has 1 unspecified atom stereocenters. The Kier molecular flexibility index (Phi) is 4.81. The molecule has 112 valence electrons. The molecular formula is C16H26N2O2. The summed E-state index contributed by atoms with van der Waals surface area (Å²) in [6.45, 7) is 10.4. The molecule has 0 aliphatic carbocycles. The summed E-state index contributed by atoms with van der Waals surface area (Å²) in [7, 11) is 1.70. The van der Waals surface area contributed by atoms with E-state index in [9.17, 15) is 4.79 Å². The molecule has 20 heavy (non-hydrogen) atoms. The van der Waals surface area contributed by atoms with Crippen molar-refractivity contribution < 1.29 is 9.53 Å². The number of aryl methyl sites for hydroxylation is 1. The number of nitrogens with one attached hydrogen (secondary N) is 1. The van der Waals surface area contributed by atoms with Gasteiger partial charge in [0.25, 0.3) is 0 Å². The van der Waals surface area contributed by atoms with Crippen LogP contribution in [0, 0.1) is 6.92 Å². The van der Waals surface area contributed by atoms with Gasteiger partial charge in [0.05, 0.1) is 0 Å². The first kappa shape index (κ1) is 16.5. The molecule has 0 saturated heterocycles. The molecule has 4 heteroatoms. The van der Waals surface area contributed by atoms with Crippen molar-refractivity contribution in [3.8, 4) is 5.75 Å². The van der Waals surface area contributed by atoms with Gasteiger partial charge in [-0.05, 0) is 43.5 Å². The van der Waals surface area contributed by atoms with Crippen LogP contribution in [0.5, 0.6) is 5.75 Å². The van der Waals surface area contributed by atoms with E-state index in [1.807, 2.05) is 13.0 Å². The number of amides is 1. The quantitative estimate of drug-likeness (QED) is 0.867. The Morgan fingerprint density at radius 2 is 1.90 bits per heavy atom. The van der Waals surface area contributed by atoms with Crippen molar-refractivity contribution in [2.45, 2.75) is 45.6 Å². The molecule has 0 aromatic heterocycles. The van der Waals surface area contributed by atoms with Crippen LogP contribution in [0.4, 0.5) is 0 Å². The molecule has 0 spiro atoms. The van der Waals surface area contributed by atoms with Crippen molar-refractivity contribution in [2.75, 3.05) is 13.7 Å². The predicted octanol–water partition coefficient (Wildman–Crippen LogP) is 2.13. The second-order valence-electron chi connectivity index (χ2n) is 6.48. The van der Waals surface area contributed by atoms with Crippen LogP contribution in [0.2, 0.25) is 0 Å². The molecule has 0 radical (unpaired) electrons. The Morgan fingerprint density at radius 3 is 2.35 bits per heavy atom. The number of nitrogens with two attached hydrogens (primary N) is 1. The predicted molar refractivity (Wildman–Crippen MR) is 82.0 cm³/mol. The molecule has 0 heterocycles. The van der Waals surface area contributed by atoms with Crippen molar-refractivity contribution >= 4 is 5.91 Å². The van der Waals surface area contributed by atoms with E-state index in [2.05, 4.69) is 38.2 Å². The van der Waals surface area contributed by atoms with Crippen molar-refractivity contribution in [1.29, 1.82) is 0 Å². The maximum absolute atomic E-state index is 11.5. The van der Waals surface area contributed by atoms with E-state index in [4.69, 9.17) is 10.5 Å². The first-order valence-electron chi connectivity index (χ1n) is 6.83. The standard InChI is InChI=1S/C16H26N2O2/c1-11-7-8-12(15(2,3)4)13(9-11)20-10-16(5,18-6)14(17)19/h7-9,18H,10H2,1-6H3,(H2,17,19). The smallest absolute Gasteiger partial charge is 0.240 e. The third-order valence-corrected chi connectivity index (χ3v) is 3.56. The Hall–Kier alpha value is -1.55. The molecule has 1 aromatic carbocycles. The van der Waals surface area contributed by atoms with Crippen LogP contribution in [-0.4, -0.2) is 25.1 Å². The molecule has 0 saturated carbocycles. The second-order valence-corrected chi connectivity index (χ2v) is 6.48. The van der Waals surface area contributed by atoms with Gasteiger partial charge in [-0.25, -0.2) is 0 Å². The molecular weight excluding hydrogens is 252 g/mol. The minimum Gasteiger partial charge on any atom is -0.491 e. The molecule has 0 aliphatic heterocycles. The molecule has 0 fully saturated rings. The summed E-state index contributed by atoms with van der Waals surface area (Å²) < 4.78 is 5.90. The lowest BCUT2D eigenvalue weighted by atomic mass is 9.86. The van der Waals surface area contributed by atoms with Gasteiger partial charge in [-0.2, -0.15) is 0 Å². The Labute approximate surface area is 121 Å². The second kappa shape index (κ2) is 5.83. The van der Waals surface area contributed by atoms with Crippen molar-refractivity contribution in [1.82, 2.24) is 5.32 Å². The summed E-state index contributed by atoms with van der Waals surface area (Å²) in [5.41, 5.74) is 6.76. The molecule has 4 nitrogen and oxygen atoms in total. The fourth-order valence-corrected chi connectivity index (χ4v) is 1.86. The number of carbonyl (C=O) groups excluding carboxylic acids is 1. The highest BCUT2D eigenvalue weighted by Gasteiger charge is 2.31. The summed E-state index contributed by atoms with van der Waals surface area (Å²) in [5.74, 6) is 0.380. The van der Waals surface area contributed by atoms with Crippen LogP contribution in [-0.2, 0) is 10.2 Å². The van der Waals surface area contributed by atoms with Gasteiger partial charge in [0.2, 0.25) is 5.91 Å². The van der Waals surface area contributed by atoms with Gasteiger partial charge in [-0.15, -0.1) is 0 Å². The van der Waals surface area contributed by atoms with Crippen LogP contribution in [0.15, 0.2) is 18.2 Å². The zero-order valence-corrected chi connectivity index (χ0v) is 13.3. The van der Waals surface area contributed by atoms with Crippen LogP contribution in [0.1, 0.15) is 38.8 Å². The normalized spacial score (nSPS) is 14.7. The van der Waals surface area contributed by atoms with E-state index >= 15 is 0 Å². The molecule has 1 rings (SSSR count). The highest BCUT2D eigenvalue weighted by Crippen LogP contribution is 2.32. The minimum atomic E-state index is -0.876. The zero-order chi connectivity index (χ0) is 15.6. The van der Waals surface area contributed by atoms with Crippen LogP contribution < -0.4 is 15.8 Å². The third kappa shape index (κ3) is 3.73. The fourth-order valence-electron chi connectivity index (χ4n) is 1.86. The van der Waals surface area contributed by atoms with Gasteiger partial charge in [0.1, 0.15) is 17.9 Å². The number of benzene rings is 1. The Morgan fingerprint density at radius 1 is 1.30 bits per heavy atom. The lowest BCUT2D eigenvalue weighted by Crippen LogP contribution is -2.55. The highest BCUT2D eigenvalue weighted by molar-refractivity contribution is 5.84. The third-order valence-electron chi connectivity index (χ3n) is 3.56. The summed E-state index contributed by atoms with van der Waals surface area (Å²) in [4.78, 5) is 11.5. The number of primary amides is 1. The number of rotatable bonds is 5. The Bertz CT molecular complexity index is 492. The van der Waals surface area contributed by atoms with Gasteiger partial charge >= 0.3 is 0 Å². The number of carbonyl (C=O) groups is 1. The van der Waals surface area contributed by atoms with Crippen molar-refractivity contribution in [3.63, 3.8) is 0 Å². The van der Waals surface area contributed by atoms with E-state index in [0.29, 0.717) is 0 Å². The topological polar surface area (TPSA) is 64.3 Å². The number of hydrogen-bond acceptors (Lipinski definition) is 3. The summed E-state index contributed by atoms with van der Waals surface area (Å²) >= 11 is 0. The van der Waals surface area contributed by atoms with E-state index in [1.165, 1.54) is 0 Å². The lowest BCUT2D eigenvalue weighted by Gasteiger charge is -2.28. The van der Waals surface area contributed by atoms with Crippen LogP contribution >= 0.6 is 0 Å². The average Bonchev–Trinajstić information content (AvgIpc) is 2.34. The number of ether oxygens (including phenoxy) is 1. The van der Waals surface area contributed by atoms with Gasteiger partial charge in [0.15, 0.2) is 0 Å². The highest BCUT2D eigenvalue weighted by atomic mass is 16.5. The first-order chi connectivity index (χ1) is 9.10. The Balaban J connectivity index is 3.03. The molecule has 0 bridgehead atoms. The minimum absolute atomic E-state index is 0.0220. The lowest BCUT2D eigenvalue weighted by molar-refractivity contribution is -0.124. The van der Waals surface area contributed by atoms with Gasteiger partial charge in [-0.1, -0.05) is 32.9 Å². The fraction of sp³-hybridized carbons (Fsp3) is 0.562. The van der Waals surface area contributed by atoms with Crippen molar-refractivity contribution in [2.24, 2.45) is 5.73 Å². The summed E-state index contributed by atoms with van der Waals surface area (Å²) in [6, 6.07) is 6.14. The largest absolute Gasteiger partial charge is 0.491 e. The average molecular weight is 278 g/mol. The molecule has 1 aromatic rings. The van der Waals surface area contributed by atoms with Gasteiger partial charge in [-0.3, -0.25) is 4.79 Å². The first-order valence-corrected chi connectivity index (χ1v) is 6.83. The number of hydrogen-bond donors (Lipinski definition) is 2. The SMILES string of the molecule is CNC(C)(COc1cc(C)ccc1C(C)(C)C)C(N)=O. The zero-order valence-electron chi connectivity index (χ0n) is 13.3. The van der Waals surface area contributed by atoms with E-state index in [0.717, 1.165) is 16.9 Å². The molecule has 1 atom stereocenters. The molecule has 3 N–H and O–H groups in total. The molecule has 1 amide bonds. The van der Waals surface area contributed by atoms with E-state index in [-0.39, 0.29) is 12.0 Å². The van der Waals surface area contributed by atoms with Crippen molar-refractivity contribution in [3.05, 3.63) is 29.3 Å². The van der Waals surface area contributed by atoms with E-state index < -0.39 is 11.4 Å². The van der Waals surface area contributed by atoms with Crippen LogP contribution in [0.3, 0.4) is 0 Å². The summed E-state index contributed by atoms with van der Waals surface area (Å²) in [6.07, 6.45) is 0. The summed E-state index contributed by atoms with van der Waals surface area (Å²) in [5, 5.41) is 2.92. The maximum Gasteiger partial charge on any atom is 0.240 e. The number of likely N-dealkylation sites (N-methyl/N-ethyl adjacent to an activating group) is 1. The monoisotopic (exact) mass is 278 g/mol.